The normalized spacial score (nSPS) is 10.8. The number of nitro groups is 1. The zero-order valence-corrected chi connectivity index (χ0v) is 18.5. The number of benzene rings is 1. The summed E-state index contributed by atoms with van der Waals surface area (Å²) in [6, 6.07) is 6.94. The minimum absolute atomic E-state index is 0.0332. The van der Waals surface area contributed by atoms with E-state index in [1.54, 1.807) is 38.1 Å². The van der Waals surface area contributed by atoms with Gasteiger partial charge < -0.3 is 11.1 Å². The average Bonchev–Trinajstić information content (AvgIpc) is 3.16. The summed E-state index contributed by atoms with van der Waals surface area (Å²) in [5, 5.41) is 18.8. The van der Waals surface area contributed by atoms with Gasteiger partial charge in [0.25, 0.3) is 11.8 Å². The standard InChI is InChI=1S/C21H23N5O4S/c1-5-15-13(4)31-21(17(15)19(22)27)23-20(28)16-9-7-6-8-14(16)10-25-12(3)18(26(29)30)11(2)24-25/h6-9H,5,10H2,1-4H3,(H2,22,27)(H,23,28). The van der Waals surface area contributed by atoms with Crippen LogP contribution in [0.25, 0.3) is 0 Å². The third-order valence-corrected chi connectivity index (χ3v) is 6.21. The minimum atomic E-state index is -0.584. The molecular weight excluding hydrogens is 418 g/mol. The van der Waals surface area contributed by atoms with E-state index < -0.39 is 16.7 Å². The number of aromatic nitrogens is 2. The average molecular weight is 442 g/mol. The lowest BCUT2D eigenvalue weighted by Crippen LogP contribution is -2.19. The molecule has 9 nitrogen and oxygen atoms in total. The summed E-state index contributed by atoms with van der Waals surface area (Å²) >= 11 is 1.31. The first-order chi connectivity index (χ1) is 14.6. The molecule has 0 aliphatic carbocycles. The molecule has 0 spiro atoms. The van der Waals surface area contributed by atoms with E-state index in [0.29, 0.717) is 39.5 Å². The fourth-order valence-electron chi connectivity index (χ4n) is 3.67. The van der Waals surface area contributed by atoms with Gasteiger partial charge in [-0.05, 0) is 44.4 Å². The SMILES string of the molecule is CCc1c(C)sc(NC(=O)c2ccccc2Cn2nc(C)c([N+](=O)[O-])c2C)c1C(N)=O. The molecule has 0 atom stereocenters. The lowest BCUT2D eigenvalue weighted by molar-refractivity contribution is -0.386. The lowest BCUT2D eigenvalue weighted by Gasteiger charge is -2.11. The molecule has 0 radical (unpaired) electrons. The smallest absolute Gasteiger partial charge is 0.312 e. The number of aryl methyl sites for hydroxylation is 2. The summed E-state index contributed by atoms with van der Waals surface area (Å²) in [5.74, 6) is -0.974. The van der Waals surface area contributed by atoms with Gasteiger partial charge in [-0.25, -0.2) is 0 Å². The number of hydrogen-bond acceptors (Lipinski definition) is 6. The molecule has 31 heavy (non-hydrogen) atoms. The molecular formula is C21H23N5O4S. The number of hydrogen-bond donors (Lipinski definition) is 2. The molecule has 0 fully saturated rings. The zero-order valence-electron chi connectivity index (χ0n) is 17.7. The highest BCUT2D eigenvalue weighted by atomic mass is 32.1. The summed E-state index contributed by atoms with van der Waals surface area (Å²) in [7, 11) is 0. The van der Waals surface area contributed by atoms with Crippen molar-refractivity contribution in [3.05, 3.63) is 72.9 Å². The van der Waals surface area contributed by atoms with Crippen LogP contribution >= 0.6 is 11.3 Å². The van der Waals surface area contributed by atoms with Crippen molar-refractivity contribution in [3.8, 4) is 0 Å². The molecule has 0 aliphatic heterocycles. The quantitative estimate of drug-likeness (QED) is 0.426. The van der Waals surface area contributed by atoms with Gasteiger partial charge >= 0.3 is 5.69 Å². The van der Waals surface area contributed by atoms with Crippen molar-refractivity contribution in [2.45, 2.75) is 40.7 Å². The fraction of sp³-hybridized carbons (Fsp3) is 0.286. The van der Waals surface area contributed by atoms with E-state index in [9.17, 15) is 19.7 Å². The van der Waals surface area contributed by atoms with Crippen molar-refractivity contribution < 1.29 is 14.5 Å². The first-order valence-corrected chi connectivity index (χ1v) is 10.5. The number of nitrogens with two attached hydrogens (primary N) is 1. The Hall–Kier alpha value is -3.53. The molecule has 0 saturated heterocycles. The predicted molar refractivity (Wildman–Crippen MR) is 119 cm³/mol. The molecule has 0 saturated carbocycles. The number of primary amides is 1. The molecule has 0 bridgehead atoms. The van der Waals surface area contributed by atoms with Crippen LogP contribution in [0.15, 0.2) is 24.3 Å². The highest BCUT2D eigenvalue weighted by molar-refractivity contribution is 7.16. The molecule has 3 N–H and O–H groups in total. The van der Waals surface area contributed by atoms with E-state index in [1.165, 1.54) is 16.0 Å². The van der Waals surface area contributed by atoms with Crippen LogP contribution in [0.3, 0.4) is 0 Å². The van der Waals surface area contributed by atoms with Gasteiger partial charge in [0.1, 0.15) is 16.4 Å². The lowest BCUT2D eigenvalue weighted by atomic mass is 10.1. The molecule has 3 aromatic rings. The maximum absolute atomic E-state index is 13.1. The summed E-state index contributed by atoms with van der Waals surface area (Å²) in [4.78, 5) is 36.8. The molecule has 2 aromatic heterocycles. The van der Waals surface area contributed by atoms with Gasteiger partial charge in [-0.1, -0.05) is 25.1 Å². The molecule has 0 unspecified atom stereocenters. The Kier molecular flexibility index (Phi) is 6.21. The third kappa shape index (κ3) is 4.19. The highest BCUT2D eigenvalue weighted by Crippen LogP contribution is 2.33. The Morgan fingerprint density at radius 2 is 1.94 bits per heavy atom. The number of carbonyl (C=O) groups excluding carboxylic acids is 2. The number of amides is 2. The molecule has 0 aliphatic rings. The predicted octanol–water partition coefficient (Wildman–Crippen LogP) is 3.74. The van der Waals surface area contributed by atoms with Crippen LogP contribution in [0.4, 0.5) is 10.7 Å². The van der Waals surface area contributed by atoms with Crippen LogP contribution in [0.2, 0.25) is 0 Å². The van der Waals surface area contributed by atoms with E-state index >= 15 is 0 Å². The Morgan fingerprint density at radius 3 is 2.52 bits per heavy atom. The Morgan fingerprint density at radius 1 is 1.26 bits per heavy atom. The zero-order chi connectivity index (χ0) is 22.9. The first kappa shape index (κ1) is 22.2. The van der Waals surface area contributed by atoms with Crippen LogP contribution in [0.1, 0.15) is 55.0 Å². The van der Waals surface area contributed by atoms with Gasteiger partial charge in [0, 0.05) is 10.4 Å². The van der Waals surface area contributed by atoms with Crippen LogP contribution in [-0.4, -0.2) is 26.5 Å². The van der Waals surface area contributed by atoms with Crippen molar-refractivity contribution in [2.24, 2.45) is 5.73 Å². The Balaban J connectivity index is 1.95. The number of rotatable bonds is 7. The maximum Gasteiger partial charge on any atom is 0.312 e. The van der Waals surface area contributed by atoms with Gasteiger partial charge in [0.05, 0.1) is 17.0 Å². The van der Waals surface area contributed by atoms with Crippen LogP contribution < -0.4 is 11.1 Å². The number of carbonyl (C=O) groups is 2. The largest absolute Gasteiger partial charge is 0.365 e. The van der Waals surface area contributed by atoms with Crippen molar-refractivity contribution >= 4 is 33.8 Å². The fourth-order valence-corrected chi connectivity index (χ4v) is 4.82. The Labute approximate surface area is 183 Å². The van der Waals surface area contributed by atoms with E-state index in [4.69, 9.17) is 5.73 Å². The maximum atomic E-state index is 13.1. The molecule has 3 rings (SSSR count). The second-order valence-corrected chi connectivity index (χ2v) is 8.33. The minimum Gasteiger partial charge on any atom is -0.365 e. The molecule has 2 heterocycles. The van der Waals surface area contributed by atoms with Crippen molar-refractivity contribution in [1.29, 1.82) is 0 Å². The van der Waals surface area contributed by atoms with Crippen molar-refractivity contribution in [2.75, 3.05) is 5.32 Å². The van der Waals surface area contributed by atoms with Crippen molar-refractivity contribution in [3.63, 3.8) is 0 Å². The van der Waals surface area contributed by atoms with Gasteiger partial charge in [-0.3, -0.25) is 24.4 Å². The Bertz CT molecular complexity index is 1190. The van der Waals surface area contributed by atoms with E-state index in [-0.39, 0.29) is 12.2 Å². The van der Waals surface area contributed by atoms with Gasteiger partial charge in [-0.2, -0.15) is 5.10 Å². The van der Waals surface area contributed by atoms with E-state index in [1.807, 2.05) is 13.8 Å². The summed E-state index contributed by atoms with van der Waals surface area (Å²) in [6.45, 7) is 7.21. The van der Waals surface area contributed by atoms with Gasteiger partial charge in [0.2, 0.25) is 0 Å². The second-order valence-electron chi connectivity index (χ2n) is 7.10. The molecule has 10 heteroatoms. The number of thiophene rings is 1. The van der Waals surface area contributed by atoms with E-state index in [2.05, 4.69) is 10.4 Å². The molecule has 162 valence electrons. The summed E-state index contributed by atoms with van der Waals surface area (Å²) in [6.07, 6.45) is 0.629. The third-order valence-electron chi connectivity index (χ3n) is 5.14. The monoisotopic (exact) mass is 441 g/mol. The first-order valence-electron chi connectivity index (χ1n) is 9.65. The van der Waals surface area contributed by atoms with Crippen molar-refractivity contribution in [1.82, 2.24) is 9.78 Å². The number of anilines is 1. The number of nitrogens with zero attached hydrogens (tertiary/aromatic N) is 3. The summed E-state index contributed by atoms with van der Waals surface area (Å²) < 4.78 is 1.51. The van der Waals surface area contributed by atoms with Crippen LogP contribution in [-0.2, 0) is 13.0 Å². The molecule has 1 aromatic carbocycles. The van der Waals surface area contributed by atoms with Gasteiger partial charge in [-0.15, -0.1) is 11.3 Å². The number of nitrogens with one attached hydrogen (secondary N) is 1. The topological polar surface area (TPSA) is 133 Å². The highest BCUT2D eigenvalue weighted by Gasteiger charge is 2.24. The molecule has 2 amide bonds. The van der Waals surface area contributed by atoms with Crippen LogP contribution in [0.5, 0.6) is 0 Å². The van der Waals surface area contributed by atoms with Crippen LogP contribution in [0, 0.1) is 30.9 Å². The van der Waals surface area contributed by atoms with Gasteiger partial charge in [0.15, 0.2) is 0 Å². The second kappa shape index (κ2) is 8.68. The van der Waals surface area contributed by atoms with E-state index in [0.717, 1.165) is 10.4 Å². The summed E-state index contributed by atoms with van der Waals surface area (Å²) in [5.41, 5.74) is 8.45.